The molecule has 0 saturated carbocycles. The SMILES string of the molecule is Cc1ccc(C2(C)NC(=O)N(CC(=O)N3CCCc4cc(Br)ccc43)C2=O)cc1. The predicted molar refractivity (Wildman–Crippen MR) is 114 cm³/mol. The Bertz CT molecular complexity index is 1000. The third-order valence-corrected chi connectivity index (χ3v) is 6.15. The smallest absolute Gasteiger partial charge is 0.319 e. The fraction of sp³-hybridized carbons (Fsp3) is 0.318. The minimum atomic E-state index is -1.17. The minimum absolute atomic E-state index is 0.259. The van der Waals surface area contributed by atoms with Gasteiger partial charge in [-0.2, -0.15) is 0 Å². The molecule has 0 bridgehead atoms. The third kappa shape index (κ3) is 3.44. The van der Waals surface area contributed by atoms with Gasteiger partial charge in [-0.3, -0.25) is 14.5 Å². The second-order valence-electron chi connectivity index (χ2n) is 7.73. The number of nitrogens with zero attached hydrogens (tertiary/aromatic N) is 2. The number of carbonyl (C=O) groups is 3. The highest BCUT2D eigenvalue weighted by Crippen LogP contribution is 2.32. The van der Waals surface area contributed by atoms with E-state index < -0.39 is 17.5 Å². The fourth-order valence-electron chi connectivity index (χ4n) is 3.97. The Morgan fingerprint density at radius 2 is 1.90 bits per heavy atom. The van der Waals surface area contributed by atoms with Crippen molar-refractivity contribution in [2.45, 2.75) is 32.2 Å². The lowest BCUT2D eigenvalue weighted by Gasteiger charge is -2.30. The van der Waals surface area contributed by atoms with Crippen molar-refractivity contribution < 1.29 is 14.4 Å². The summed E-state index contributed by atoms with van der Waals surface area (Å²) in [6.45, 7) is 3.94. The number of aryl methyl sites for hydroxylation is 2. The molecule has 2 aliphatic rings. The number of halogens is 1. The van der Waals surface area contributed by atoms with E-state index >= 15 is 0 Å². The van der Waals surface area contributed by atoms with Gasteiger partial charge in [-0.05, 0) is 56.0 Å². The molecular formula is C22H22BrN3O3. The second kappa shape index (κ2) is 7.30. The number of anilines is 1. The number of hydrogen-bond acceptors (Lipinski definition) is 3. The minimum Gasteiger partial charge on any atom is -0.319 e. The van der Waals surface area contributed by atoms with E-state index in [-0.39, 0.29) is 12.5 Å². The molecular weight excluding hydrogens is 434 g/mol. The van der Waals surface area contributed by atoms with Gasteiger partial charge in [0.1, 0.15) is 12.1 Å². The molecule has 4 rings (SSSR count). The Balaban J connectivity index is 1.56. The first-order chi connectivity index (χ1) is 13.8. The maximum Gasteiger partial charge on any atom is 0.325 e. The molecule has 6 nitrogen and oxygen atoms in total. The van der Waals surface area contributed by atoms with Gasteiger partial charge in [0.2, 0.25) is 5.91 Å². The summed E-state index contributed by atoms with van der Waals surface area (Å²) in [7, 11) is 0. The maximum absolute atomic E-state index is 13.1. The van der Waals surface area contributed by atoms with Crippen LogP contribution < -0.4 is 10.2 Å². The molecule has 150 valence electrons. The average molecular weight is 456 g/mol. The van der Waals surface area contributed by atoms with Gasteiger partial charge in [-0.1, -0.05) is 45.8 Å². The molecule has 0 aromatic heterocycles. The number of benzene rings is 2. The molecule has 2 heterocycles. The summed E-state index contributed by atoms with van der Waals surface area (Å²) in [5.41, 5.74) is 2.52. The van der Waals surface area contributed by atoms with Gasteiger partial charge in [0.15, 0.2) is 0 Å². The first-order valence-electron chi connectivity index (χ1n) is 9.59. The Kier molecular flexibility index (Phi) is 4.94. The Morgan fingerprint density at radius 3 is 2.62 bits per heavy atom. The molecule has 29 heavy (non-hydrogen) atoms. The van der Waals surface area contributed by atoms with Gasteiger partial charge in [0.25, 0.3) is 5.91 Å². The summed E-state index contributed by atoms with van der Waals surface area (Å²) >= 11 is 3.46. The van der Waals surface area contributed by atoms with Crippen molar-refractivity contribution >= 4 is 39.5 Å². The van der Waals surface area contributed by atoms with Crippen LogP contribution in [0.25, 0.3) is 0 Å². The normalized spacial score (nSPS) is 21.2. The van der Waals surface area contributed by atoms with Crippen LogP contribution in [-0.4, -0.2) is 35.8 Å². The summed E-state index contributed by atoms with van der Waals surface area (Å²) < 4.78 is 0.966. The Hall–Kier alpha value is -2.67. The van der Waals surface area contributed by atoms with E-state index in [1.54, 1.807) is 11.8 Å². The van der Waals surface area contributed by atoms with Crippen LogP contribution in [0.1, 0.15) is 30.0 Å². The predicted octanol–water partition coefficient (Wildman–Crippen LogP) is 3.50. The number of hydrogen-bond donors (Lipinski definition) is 1. The van der Waals surface area contributed by atoms with Gasteiger partial charge in [0, 0.05) is 16.7 Å². The summed E-state index contributed by atoms with van der Waals surface area (Å²) in [6.07, 6.45) is 1.74. The Labute approximate surface area is 178 Å². The van der Waals surface area contributed by atoms with Crippen molar-refractivity contribution in [1.82, 2.24) is 10.2 Å². The zero-order chi connectivity index (χ0) is 20.8. The molecule has 2 aromatic carbocycles. The second-order valence-corrected chi connectivity index (χ2v) is 8.65. The number of imide groups is 1. The standard InChI is InChI=1S/C22H22BrN3O3/c1-14-5-7-16(8-6-14)22(2)20(28)26(21(29)24-22)13-19(27)25-11-3-4-15-12-17(23)9-10-18(15)25/h5-10,12H,3-4,11,13H2,1-2H3,(H,24,29). The molecule has 4 amide bonds. The first kappa shape index (κ1) is 19.6. The molecule has 7 heteroatoms. The van der Waals surface area contributed by atoms with E-state index in [9.17, 15) is 14.4 Å². The van der Waals surface area contributed by atoms with Gasteiger partial charge >= 0.3 is 6.03 Å². The van der Waals surface area contributed by atoms with Crippen LogP contribution in [0, 0.1) is 6.92 Å². The lowest BCUT2D eigenvalue weighted by molar-refractivity contribution is -0.134. The number of urea groups is 1. The molecule has 0 aliphatic carbocycles. The highest BCUT2D eigenvalue weighted by atomic mass is 79.9. The van der Waals surface area contributed by atoms with Crippen molar-refractivity contribution in [3.8, 4) is 0 Å². The van der Waals surface area contributed by atoms with E-state index in [4.69, 9.17) is 0 Å². The molecule has 1 N–H and O–H groups in total. The Morgan fingerprint density at radius 1 is 1.17 bits per heavy atom. The number of nitrogens with one attached hydrogen (secondary N) is 1. The van der Waals surface area contributed by atoms with Crippen LogP contribution in [0.4, 0.5) is 10.5 Å². The largest absolute Gasteiger partial charge is 0.325 e. The van der Waals surface area contributed by atoms with Gasteiger partial charge < -0.3 is 10.2 Å². The molecule has 0 spiro atoms. The van der Waals surface area contributed by atoms with Gasteiger partial charge in [-0.25, -0.2) is 4.79 Å². The van der Waals surface area contributed by atoms with E-state index in [1.807, 2.05) is 49.4 Å². The van der Waals surface area contributed by atoms with E-state index in [1.165, 1.54) is 0 Å². The van der Waals surface area contributed by atoms with Crippen LogP contribution in [0.15, 0.2) is 46.9 Å². The third-order valence-electron chi connectivity index (χ3n) is 5.66. The van der Waals surface area contributed by atoms with E-state index in [0.29, 0.717) is 12.1 Å². The summed E-state index contributed by atoms with van der Waals surface area (Å²) in [5.74, 6) is -0.669. The van der Waals surface area contributed by atoms with Gasteiger partial charge in [-0.15, -0.1) is 0 Å². The number of amides is 4. The van der Waals surface area contributed by atoms with Crippen molar-refractivity contribution in [1.29, 1.82) is 0 Å². The molecule has 2 aliphatic heterocycles. The number of rotatable bonds is 3. The number of carbonyl (C=O) groups excluding carboxylic acids is 3. The molecule has 1 saturated heterocycles. The lowest BCUT2D eigenvalue weighted by Crippen LogP contribution is -2.46. The van der Waals surface area contributed by atoms with Crippen molar-refractivity contribution in [3.63, 3.8) is 0 Å². The van der Waals surface area contributed by atoms with Crippen LogP contribution in [-0.2, 0) is 21.5 Å². The summed E-state index contributed by atoms with van der Waals surface area (Å²) in [5, 5.41) is 2.76. The van der Waals surface area contributed by atoms with Crippen LogP contribution in [0.3, 0.4) is 0 Å². The van der Waals surface area contributed by atoms with Crippen molar-refractivity contribution in [2.75, 3.05) is 18.0 Å². The molecule has 1 fully saturated rings. The molecule has 2 aromatic rings. The maximum atomic E-state index is 13.1. The van der Waals surface area contributed by atoms with Gasteiger partial charge in [0.05, 0.1) is 0 Å². The number of fused-ring (bicyclic) bond motifs is 1. The fourth-order valence-corrected chi connectivity index (χ4v) is 4.38. The van der Waals surface area contributed by atoms with E-state index in [0.717, 1.165) is 39.0 Å². The lowest BCUT2D eigenvalue weighted by atomic mass is 9.91. The molecule has 1 unspecified atom stereocenters. The van der Waals surface area contributed by atoms with Crippen molar-refractivity contribution in [2.24, 2.45) is 0 Å². The first-order valence-corrected chi connectivity index (χ1v) is 10.4. The quantitative estimate of drug-likeness (QED) is 0.719. The molecule has 0 radical (unpaired) electrons. The van der Waals surface area contributed by atoms with Crippen molar-refractivity contribution in [3.05, 3.63) is 63.6 Å². The zero-order valence-corrected chi connectivity index (χ0v) is 18.0. The van der Waals surface area contributed by atoms with Crippen LogP contribution in [0.2, 0.25) is 0 Å². The topological polar surface area (TPSA) is 69.7 Å². The highest BCUT2D eigenvalue weighted by Gasteiger charge is 2.49. The van der Waals surface area contributed by atoms with E-state index in [2.05, 4.69) is 21.2 Å². The monoisotopic (exact) mass is 455 g/mol. The highest BCUT2D eigenvalue weighted by molar-refractivity contribution is 9.10. The summed E-state index contributed by atoms with van der Waals surface area (Å²) in [6, 6.07) is 12.7. The zero-order valence-electron chi connectivity index (χ0n) is 16.4. The van der Waals surface area contributed by atoms with Crippen LogP contribution in [0.5, 0.6) is 0 Å². The average Bonchev–Trinajstić information content (AvgIpc) is 2.91. The molecule has 1 atom stereocenters. The summed E-state index contributed by atoms with van der Waals surface area (Å²) in [4.78, 5) is 41.4. The van der Waals surface area contributed by atoms with Crippen LogP contribution >= 0.6 is 15.9 Å².